The lowest BCUT2D eigenvalue weighted by molar-refractivity contribution is -0.150. The molecule has 0 aromatic rings. The topological polar surface area (TPSA) is 84.9 Å². The third-order valence-corrected chi connectivity index (χ3v) is 12.9. The Kier molecular flexibility index (Phi) is 93.3. The van der Waals surface area contributed by atoms with Gasteiger partial charge in [0.1, 0.15) is 12.4 Å². The van der Waals surface area contributed by atoms with Gasteiger partial charge in [-0.25, -0.2) is 0 Å². The number of aliphatic hydroxyl groups is 1. The maximum absolute atomic E-state index is 12.5. The Bertz CT molecular complexity index is 805. The zero-order chi connectivity index (χ0) is 53.0. The molecule has 2 N–H and O–H groups in total. The summed E-state index contributed by atoms with van der Waals surface area (Å²) in [6, 6.07) is 0. The van der Waals surface area contributed by atoms with Crippen LogP contribution in [0, 0.1) is 5.92 Å². The van der Waals surface area contributed by atoms with E-state index in [2.05, 4.69) is 67.6 Å². The molecule has 0 bridgehead atoms. The van der Waals surface area contributed by atoms with Gasteiger partial charge in [-0.05, 0) is 83.2 Å². The van der Waals surface area contributed by atoms with Crippen LogP contribution in [0.15, 0.2) is 0 Å². The van der Waals surface area contributed by atoms with Crippen molar-refractivity contribution in [2.75, 3.05) is 27.3 Å². The fourth-order valence-corrected chi connectivity index (χ4v) is 8.11. The van der Waals surface area contributed by atoms with Crippen LogP contribution >= 0.6 is 0 Å². The molecule has 2 unspecified atom stereocenters. The summed E-state index contributed by atoms with van der Waals surface area (Å²) in [5.74, 6) is 0.986. The van der Waals surface area contributed by atoms with Crippen molar-refractivity contribution in [3.63, 3.8) is 0 Å². The Hall–Kier alpha value is -0.980. The Balaban J connectivity index is -0.000000238. The number of methoxy groups -OCH3 is 1. The number of hydrogen-bond acceptors (Lipinski definition) is 6. The number of nitrogens with one attached hydrogen (secondary N) is 1. The highest BCUT2D eigenvalue weighted by molar-refractivity contribution is 5.69. The van der Waals surface area contributed by atoms with Gasteiger partial charge in [0.05, 0.1) is 6.10 Å². The number of unbranched alkanes of at least 4 members (excludes halogenated alkanes) is 29. The van der Waals surface area contributed by atoms with Gasteiger partial charge in [0.2, 0.25) is 0 Å². The summed E-state index contributed by atoms with van der Waals surface area (Å²) in [4.78, 5) is 22.7. The van der Waals surface area contributed by atoms with Gasteiger partial charge < -0.3 is 24.7 Å². The SMILES string of the molecule is CC.CCC.CCCCCCCCC(C)CC.CCCCCCCCC(CCCCCCCC)OC(=O)CCCCCCCNCCCCCC=O.CCCCCCCCCCC(CC)OC.CO. The predicted octanol–water partition coefficient (Wildman–Crippen LogP) is 20.9. The van der Waals surface area contributed by atoms with Crippen LogP contribution in [0.4, 0.5) is 0 Å². The molecule has 0 aromatic carbocycles. The van der Waals surface area contributed by atoms with Crippen molar-refractivity contribution in [3.8, 4) is 0 Å². The fourth-order valence-electron chi connectivity index (χ4n) is 8.11. The number of carbonyl (C=O) groups excluding carboxylic acids is 2. The second kappa shape index (κ2) is 81.1. The van der Waals surface area contributed by atoms with E-state index in [-0.39, 0.29) is 12.1 Å². The minimum absolute atomic E-state index is 0.0308. The molecule has 2 atom stereocenters. The van der Waals surface area contributed by atoms with E-state index in [1.54, 1.807) is 0 Å². The van der Waals surface area contributed by atoms with Crippen molar-refractivity contribution in [1.29, 1.82) is 0 Å². The molecule has 0 aliphatic heterocycles. The lowest BCUT2D eigenvalue weighted by atomic mass is 10.00. The molecule has 0 aliphatic carbocycles. The molecule has 0 radical (unpaired) electrons. The fraction of sp³-hybridized carbons (Fsp3) is 0.968. The zero-order valence-electron chi connectivity index (χ0n) is 50.2. The number of esters is 1. The quantitative estimate of drug-likeness (QED) is 0.0359. The van der Waals surface area contributed by atoms with Crippen molar-refractivity contribution >= 4 is 12.3 Å². The van der Waals surface area contributed by atoms with Crippen LogP contribution in [0.5, 0.6) is 0 Å². The largest absolute Gasteiger partial charge is 0.462 e. The maximum Gasteiger partial charge on any atom is 0.306 e. The monoisotopic (exact) mass is 986 g/mol. The first-order valence-electron chi connectivity index (χ1n) is 31.1. The summed E-state index contributed by atoms with van der Waals surface area (Å²) in [5.41, 5.74) is 0. The van der Waals surface area contributed by atoms with Crippen LogP contribution < -0.4 is 5.32 Å². The van der Waals surface area contributed by atoms with Crippen LogP contribution in [-0.4, -0.2) is 56.9 Å². The molecule has 0 aliphatic rings. The van der Waals surface area contributed by atoms with Gasteiger partial charge in [0, 0.05) is 27.1 Å². The first-order chi connectivity index (χ1) is 33.8. The number of aldehydes is 1. The van der Waals surface area contributed by atoms with Crippen molar-refractivity contribution in [1.82, 2.24) is 5.32 Å². The highest BCUT2D eigenvalue weighted by Crippen LogP contribution is 2.19. The van der Waals surface area contributed by atoms with Gasteiger partial charge in [-0.3, -0.25) is 4.79 Å². The van der Waals surface area contributed by atoms with Crippen LogP contribution in [-0.2, 0) is 19.1 Å². The van der Waals surface area contributed by atoms with Gasteiger partial charge in [0.25, 0.3) is 0 Å². The smallest absolute Gasteiger partial charge is 0.306 e. The van der Waals surface area contributed by atoms with E-state index in [4.69, 9.17) is 14.6 Å². The minimum atomic E-state index is 0.0308. The van der Waals surface area contributed by atoms with E-state index in [9.17, 15) is 9.59 Å². The standard InChI is InChI=1S/C31H61NO3.C14H30O.C12H26.C3H8.C2H6.CH4O/c1-3-5-7-9-12-18-24-30(25-19-13-10-8-6-4-2)35-31(34)26-20-14-11-15-21-27-32-28-22-16-17-23-29-33;1-4-6-7-8-9-10-11-12-13-14(5-2)15-3;1-4-6-7-8-9-10-11-12(3)5-2;1-3-2;2*1-2/h29-30,32H,3-28H2,1-2H3;14H,4-13H2,1-3H3;12H,4-11H2,1-3H3;3H2,1-2H3;1-2H3;2H,1H3. The van der Waals surface area contributed by atoms with E-state index in [1.807, 2.05) is 21.0 Å². The Morgan fingerprint density at radius 3 is 1.12 bits per heavy atom. The Morgan fingerprint density at radius 2 is 0.768 bits per heavy atom. The molecular formula is C63H135NO5. The Labute approximate surface area is 437 Å². The lowest BCUT2D eigenvalue weighted by Gasteiger charge is -2.18. The molecule has 0 spiro atoms. The Morgan fingerprint density at radius 1 is 0.449 bits per heavy atom. The van der Waals surface area contributed by atoms with Crippen molar-refractivity contribution in [2.24, 2.45) is 5.92 Å². The number of ether oxygens (including phenoxy) is 2. The van der Waals surface area contributed by atoms with Crippen LogP contribution in [0.2, 0.25) is 0 Å². The molecular weight excluding hydrogens is 851 g/mol. The van der Waals surface area contributed by atoms with Gasteiger partial charge in [-0.2, -0.15) is 0 Å². The van der Waals surface area contributed by atoms with Crippen LogP contribution in [0.1, 0.15) is 352 Å². The first-order valence-corrected chi connectivity index (χ1v) is 31.1. The summed E-state index contributed by atoms with van der Waals surface area (Å²) in [6.45, 7) is 26.3. The first kappa shape index (κ1) is 79.4. The molecule has 0 heterocycles. The zero-order valence-corrected chi connectivity index (χ0v) is 50.2. The normalized spacial score (nSPS) is 11.3. The summed E-state index contributed by atoms with van der Waals surface area (Å²) in [7, 11) is 2.83. The average molecular weight is 987 g/mol. The highest BCUT2D eigenvalue weighted by Gasteiger charge is 2.14. The van der Waals surface area contributed by atoms with E-state index in [0.717, 1.165) is 83.8 Å². The molecule has 0 saturated carbocycles. The number of hydrogen-bond donors (Lipinski definition) is 2. The average Bonchev–Trinajstić information content (AvgIpc) is 3.37. The lowest BCUT2D eigenvalue weighted by Crippen LogP contribution is -2.18. The van der Waals surface area contributed by atoms with Gasteiger partial charge in [-0.15, -0.1) is 0 Å². The second-order valence-electron chi connectivity index (χ2n) is 19.8. The molecule has 0 rings (SSSR count). The van der Waals surface area contributed by atoms with Gasteiger partial charge in [0.15, 0.2) is 0 Å². The maximum atomic E-state index is 12.5. The van der Waals surface area contributed by atoms with Crippen molar-refractivity contribution in [2.45, 2.75) is 364 Å². The molecule has 0 aromatic heterocycles. The molecule has 6 nitrogen and oxygen atoms in total. The van der Waals surface area contributed by atoms with Gasteiger partial charge >= 0.3 is 5.97 Å². The molecule has 69 heavy (non-hydrogen) atoms. The molecule has 0 saturated heterocycles. The summed E-state index contributed by atoms with van der Waals surface area (Å²) in [5, 5.41) is 10.5. The summed E-state index contributed by atoms with van der Waals surface area (Å²) < 4.78 is 11.3. The predicted molar refractivity (Wildman–Crippen MR) is 312 cm³/mol. The van der Waals surface area contributed by atoms with E-state index in [1.165, 1.54) is 212 Å². The van der Waals surface area contributed by atoms with E-state index < -0.39 is 0 Å². The minimum Gasteiger partial charge on any atom is -0.462 e. The van der Waals surface area contributed by atoms with Gasteiger partial charge in [-0.1, -0.05) is 275 Å². The second-order valence-corrected chi connectivity index (χ2v) is 19.8. The third kappa shape index (κ3) is 84.2. The summed E-state index contributed by atoms with van der Waals surface area (Å²) in [6.07, 6.45) is 56.0. The molecule has 422 valence electrons. The van der Waals surface area contributed by atoms with E-state index in [0.29, 0.717) is 18.9 Å². The molecule has 6 heteroatoms. The molecule has 0 amide bonds. The molecule has 0 fully saturated rings. The number of rotatable bonds is 48. The number of carbonyl (C=O) groups is 2. The third-order valence-electron chi connectivity index (χ3n) is 12.9. The van der Waals surface area contributed by atoms with Crippen molar-refractivity contribution in [3.05, 3.63) is 0 Å². The number of aliphatic hydroxyl groups excluding tert-OH is 1. The highest BCUT2D eigenvalue weighted by atomic mass is 16.5. The summed E-state index contributed by atoms with van der Waals surface area (Å²) >= 11 is 0. The van der Waals surface area contributed by atoms with Crippen molar-refractivity contribution < 1.29 is 24.2 Å². The van der Waals surface area contributed by atoms with Crippen LogP contribution in [0.3, 0.4) is 0 Å². The van der Waals surface area contributed by atoms with Crippen LogP contribution in [0.25, 0.3) is 0 Å². The van der Waals surface area contributed by atoms with E-state index >= 15 is 0 Å².